The molecule has 0 amide bonds. The van der Waals surface area contributed by atoms with E-state index in [1.165, 1.54) is 5.56 Å². The number of benzene rings is 2. The predicted octanol–water partition coefficient (Wildman–Crippen LogP) is 3.42. The molecule has 2 aromatic rings. The summed E-state index contributed by atoms with van der Waals surface area (Å²) in [6.07, 6.45) is 0. The van der Waals surface area contributed by atoms with Crippen LogP contribution in [0.4, 0.5) is 0 Å². The number of para-hydroxylation sites is 1. The maximum absolute atomic E-state index is 11.7. The first kappa shape index (κ1) is 18.3. The van der Waals surface area contributed by atoms with Crippen molar-refractivity contribution in [2.45, 2.75) is 12.5 Å². The number of carbonyl (C=O) groups is 1. The monoisotopic (exact) mass is 347 g/mol. The van der Waals surface area contributed by atoms with E-state index in [0.29, 0.717) is 6.54 Å². The highest BCUT2D eigenvalue weighted by atomic mass is 35.5. The van der Waals surface area contributed by atoms with Gasteiger partial charge >= 0.3 is 5.97 Å². The summed E-state index contributed by atoms with van der Waals surface area (Å²) in [7, 11) is 1.63. The minimum absolute atomic E-state index is 0. The fraction of sp³-hybridized carbons (Fsp3) is 0.316. The number of rotatable bonds is 5. The number of aliphatic carboxylic acids is 1. The molecular weight excluding hydrogens is 326 g/mol. The van der Waals surface area contributed by atoms with Crippen LogP contribution in [-0.4, -0.2) is 36.2 Å². The van der Waals surface area contributed by atoms with Gasteiger partial charge in [0.05, 0.1) is 13.0 Å². The van der Waals surface area contributed by atoms with Crippen molar-refractivity contribution in [3.8, 4) is 5.75 Å². The number of nitrogens with zero attached hydrogens (tertiary/aromatic N) is 1. The number of carboxylic acids is 1. The van der Waals surface area contributed by atoms with E-state index in [9.17, 15) is 9.90 Å². The van der Waals surface area contributed by atoms with E-state index >= 15 is 0 Å². The van der Waals surface area contributed by atoms with Gasteiger partial charge in [-0.1, -0.05) is 48.5 Å². The maximum Gasteiger partial charge on any atom is 0.308 e. The second kappa shape index (κ2) is 8.18. The van der Waals surface area contributed by atoms with E-state index in [2.05, 4.69) is 17.0 Å². The van der Waals surface area contributed by atoms with Gasteiger partial charge in [0, 0.05) is 25.6 Å². The van der Waals surface area contributed by atoms with Gasteiger partial charge < -0.3 is 9.84 Å². The molecule has 1 aliphatic heterocycles. The van der Waals surface area contributed by atoms with Crippen LogP contribution < -0.4 is 4.74 Å². The number of likely N-dealkylation sites (tertiary alicyclic amines) is 1. The number of carboxylic acid groups (broad SMARTS) is 1. The lowest BCUT2D eigenvalue weighted by atomic mass is 9.88. The Balaban J connectivity index is 0.00000208. The molecule has 0 radical (unpaired) electrons. The van der Waals surface area contributed by atoms with Crippen molar-refractivity contribution in [1.82, 2.24) is 4.90 Å². The largest absolute Gasteiger partial charge is 0.496 e. The minimum atomic E-state index is -0.739. The number of halogens is 1. The second-order valence-electron chi connectivity index (χ2n) is 5.97. The van der Waals surface area contributed by atoms with Gasteiger partial charge in [0.25, 0.3) is 0 Å². The molecule has 4 nitrogen and oxygen atoms in total. The van der Waals surface area contributed by atoms with E-state index < -0.39 is 11.9 Å². The van der Waals surface area contributed by atoms with Gasteiger partial charge in [0.1, 0.15) is 5.75 Å². The highest BCUT2D eigenvalue weighted by Gasteiger charge is 2.39. The zero-order valence-corrected chi connectivity index (χ0v) is 14.4. The van der Waals surface area contributed by atoms with Gasteiger partial charge in [0.2, 0.25) is 0 Å². The molecular formula is C19H22ClNO3. The fourth-order valence-electron chi connectivity index (χ4n) is 3.39. The van der Waals surface area contributed by atoms with Crippen LogP contribution >= 0.6 is 12.4 Å². The lowest BCUT2D eigenvalue weighted by molar-refractivity contribution is -0.141. The van der Waals surface area contributed by atoms with Crippen molar-refractivity contribution in [2.75, 3.05) is 20.2 Å². The van der Waals surface area contributed by atoms with Gasteiger partial charge in [0.15, 0.2) is 0 Å². The average molecular weight is 348 g/mol. The first-order valence-electron chi connectivity index (χ1n) is 7.81. The molecule has 1 saturated heterocycles. The van der Waals surface area contributed by atoms with Crippen LogP contribution in [0.15, 0.2) is 54.6 Å². The summed E-state index contributed by atoms with van der Waals surface area (Å²) >= 11 is 0. The molecule has 0 spiro atoms. The van der Waals surface area contributed by atoms with E-state index in [1.54, 1.807) is 7.11 Å². The van der Waals surface area contributed by atoms with Crippen LogP contribution in [0.2, 0.25) is 0 Å². The summed E-state index contributed by atoms with van der Waals surface area (Å²) in [6.45, 7) is 2.06. The lowest BCUT2D eigenvalue weighted by Crippen LogP contribution is -2.23. The quantitative estimate of drug-likeness (QED) is 0.900. The Kier molecular flexibility index (Phi) is 6.23. The molecule has 2 aromatic carbocycles. The zero-order chi connectivity index (χ0) is 16.2. The zero-order valence-electron chi connectivity index (χ0n) is 13.6. The first-order chi connectivity index (χ1) is 11.2. The summed E-state index contributed by atoms with van der Waals surface area (Å²) < 4.78 is 5.43. The molecule has 128 valence electrons. The normalized spacial score (nSPS) is 20.4. The lowest BCUT2D eigenvalue weighted by Gasteiger charge is -2.18. The SMILES string of the molecule is COc1ccccc1C1CN(Cc2ccccc2)CC1C(=O)O.Cl. The topological polar surface area (TPSA) is 49.8 Å². The molecule has 2 atom stereocenters. The van der Waals surface area contributed by atoms with Crippen LogP contribution in [0.5, 0.6) is 5.75 Å². The fourth-order valence-corrected chi connectivity index (χ4v) is 3.39. The minimum Gasteiger partial charge on any atom is -0.496 e. The Morgan fingerprint density at radius 2 is 1.79 bits per heavy atom. The van der Waals surface area contributed by atoms with Gasteiger partial charge in [-0.3, -0.25) is 9.69 Å². The Morgan fingerprint density at radius 3 is 2.46 bits per heavy atom. The molecule has 1 aliphatic rings. The summed E-state index contributed by atoms with van der Waals surface area (Å²) in [4.78, 5) is 13.9. The summed E-state index contributed by atoms with van der Waals surface area (Å²) in [6, 6.07) is 17.9. The highest BCUT2D eigenvalue weighted by Crippen LogP contribution is 2.38. The Bertz CT molecular complexity index is 677. The number of methoxy groups -OCH3 is 1. The Morgan fingerprint density at radius 1 is 1.12 bits per heavy atom. The third-order valence-corrected chi connectivity index (χ3v) is 4.50. The number of hydrogen-bond donors (Lipinski definition) is 1. The third-order valence-electron chi connectivity index (χ3n) is 4.50. The first-order valence-corrected chi connectivity index (χ1v) is 7.81. The van der Waals surface area contributed by atoms with Gasteiger partial charge in [-0.25, -0.2) is 0 Å². The van der Waals surface area contributed by atoms with Gasteiger partial charge in [-0.15, -0.1) is 12.4 Å². The third kappa shape index (κ3) is 3.89. The number of hydrogen-bond acceptors (Lipinski definition) is 3. The van der Waals surface area contributed by atoms with E-state index in [0.717, 1.165) is 24.4 Å². The molecule has 2 unspecified atom stereocenters. The highest BCUT2D eigenvalue weighted by molar-refractivity contribution is 5.85. The van der Waals surface area contributed by atoms with Crippen molar-refractivity contribution < 1.29 is 14.6 Å². The van der Waals surface area contributed by atoms with Crippen molar-refractivity contribution >= 4 is 18.4 Å². The van der Waals surface area contributed by atoms with E-state index in [-0.39, 0.29) is 18.3 Å². The van der Waals surface area contributed by atoms with Crippen LogP contribution in [0.25, 0.3) is 0 Å². The summed E-state index contributed by atoms with van der Waals surface area (Å²) in [5, 5.41) is 9.62. The van der Waals surface area contributed by atoms with Gasteiger partial charge in [-0.05, 0) is 17.2 Å². The molecule has 1 heterocycles. The second-order valence-corrected chi connectivity index (χ2v) is 5.97. The van der Waals surface area contributed by atoms with Crippen molar-refractivity contribution in [3.63, 3.8) is 0 Å². The molecule has 1 N–H and O–H groups in total. The van der Waals surface area contributed by atoms with Crippen molar-refractivity contribution in [1.29, 1.82) is 0 Å². The summed E-state index contributed by atoms with van der Waals surface area (Å²) in [5.74, 6) is -0.427. The molecule has 24 heavy (non-hydrogen) atoms. The predicted molar refractivity (Wildman–Crippen MR) is 95.8 cm³/mol. The Hall–Kier alpha value is -2.04. The Labute approximate surface area is 148 Å². The van der Waals surface area contributed by atoms with Crippen LogP contribution in [0, 0.1) is 5.92 Å². The van der Waals surface area contributed by atoms with Crippen molar-refractivity contribution in [3.05, 3.63) is 65.7 Å². The maximum atomic E-state index is 11.7. The molecule has 0 saturated carbocycles. The van der Waals surface area contributed by atoms with Crippen LogP contribution in [0.3, 0.4) is 0 Å². The summed E-state index contributed by atoms with van der Waals surface area (Å²) in [5.41, 5.74) is 2.19. The molecule has 0 bridgehead atoms. The molecule has 1 fully saturated rings. The molecule has 5 heteroatoms. The van der Waals surface area contributed by atoms with E-state index in [4.69, 9.17) is 4.74 Å². The van der Waals surface area contributed by atoms with Gasteiger partial charge in [-0.2, -0.15) is 0 Å². The molecule has 0 aromatic heterocycles. The van der Waals surface area contributed by atoms with E-state index in [1.807, 2.05) is 42.5 Å². The molecule has 3 rings (SSSR count). The standard InChI is InChI=1S/C19H21NO3.ClH/c1-23-18-10-6-5-9-15(18)16-12-20(13-17(16)19(21)22)11-14-7-3-2-4-8-14;/h2-10,16-17H,11-13H2,1H3,(H,21,22);1H. The van der Waals surface area contributed by atoms with Crippen LogP contribution in [-0.2, 0) is 11.3 Å². The van der Waals surface area contributed by atoms with Crippen molar-refractivity contribution in [2.24, 2.45) is 5.92 Å². The number of ether oxygens (including phenoxy) is 1. The average Bonchev–Trinajstić information content (AvgIpc) is 2.99. The molecule has 0 aliphatic carbocycles. The smallest absolute Gasteiger partial charge is 0.308 e. The van der Waals surface area contributed by atoms with Crippen LogP contribution in [0.1, 0.15) is 17.0 Å².